The first-order chi connectivity index (χ1) is 27.8. The van der Waals surface area contributed by atoms with Crippen molar-refractivity contribution in [1.29, 1.82) is 0 Å². The molecule has 0 aliphatic rings. The number of carbonyl (C=O) groups is 4. The van der Waals surface area contributed by atoms with Gasteiger partial charge in [0.15, 0.2) is 0 Å². The van der Waals surface area contributed by atoms with Crippen LogP contribution < -0.4 is 21.7 Å². The van der Waals surface area contributed by atoms with Gasteiger partial charge in [-0.25, -0.2) is 4.79 Å². The van der Waals surface area contributed by atoms with Gasteiger partial charge in [-0.15, -0.1) is 0 Å². The predicted molar refractivity (Wildman–Crippen MR) is 220 cm³/mol. The molecule has 0 radical (unpaired) electrons. The van der Waals surface area contributed by atoms with Crippen LogP contribution in [0.3, 0.4) is 0 Å². The van der Waals surface area contributed by atoms with Crippen LogP contribution in [0.15, 0.2) is 182 Å². The van der Waals surface area contributed by atoms with E-state index in [2.05, 4.69) is 16.0 Å². The van der Waals surface area contributed by atoms with Gasteiger partial charge in [-0.1, -0.05) is 182 Å². The third kappa shape index (κ3) is 9.01. The molecule has 57 heavy (non-hydrogen) atoms. The predicted octanol–water partition coefficient (Wildman–Crippen LogP) is 6.36. The van der Waals surface area contributed by atoms with Crippen LogP contribution in [-0.2, 0) is 35.0 Å². The van der Waals surface area contributed by atoms with Gasteiger partial charge in [-0.05, 0) is 39.8 Å². The Balaban J connectivity index is 1.19. The fourth-order valence-electron chi connectivity index (χ4n) is 7.31. The molecule has 288 valence electrons. The molecule has 9 nitrogen and oxygen atoms in total. The van der Waals surface area contributed by atoms with Gasteiger partial charge in [0.05, 0.1) is 19.6 Å². The summed E-state index contributed by atoms with van der Waals surface area (Å²) in [6.07, 6.45) is -0.571. The molecule has 6 rings (SSSR count). The molecule has 0 unspecified atom stereocenters. The number of amides is 3. The number of methoxy groups -OCH3 is 1. The van der Waals surface area contributed by atoms with E-state index in [1.165, 1.54) is 7.11 Å². The van der Waals surface area contributed by atoms with Crippen LogP contribution in [0.4, 0.5) is 0 Å². The zero-order valence-corrected chi connectivity index (χ0v) is 31.7. The summed E-state index contributed by atoms with van der Waals surface area (Å²) in [4.78, 5) is 54.6. The van der Waals surface area contributed by atoms with Crippen LogP contribution in [-0.4, -0.2) is 42.9 Å². The zero-order valence-electron chi connectivity index (χ0n) is 31.7. The zero-order chi connectivity index (χ0) is 40.1. The third-order valence-electron chi connectivity index (χ3n) is 10.1. The summed E-state index contributed by atoms with van der Waals surface area (Å²) in [5.41, 5.74) is 9.15. The van der Waals surface area contributed by atoms with Crippen molar-refractivity contribution >= 4 is 23.7 Å². The van der Waals surface area contributed by atoms with Gasteiger partial charge >= 0.3 is 5.97 Å². The molecule has 9 heteroatoms. The van der Waals surface area contributed by atoms with Crippen molar-refractivity contribution in [1.82, 2.24) is 16.0 Å². The van der Waals surface area contributed by atoms with E-state index in [1.807, 2.05) is 182 Å². The Morgan fingerprint density at radius 1 is 0.509 bits per heavy atom. The maximum atomic E-state index is 14.1. The molecule has 6 aromatic rings. The molecule has 0 aromatic heterocycles. The summed E-state index contributed by atoms with van der Waals surface area (Å²) >= 11 is 0. The first kappa shape index (κ1) is 39.8. The quantitative estimate of drug-likeness (QED) is 0.0670. The van der Waals surface area contributed by atoms with Crippen LogP contribution in [0.2, 0.25) is 0 Å². The van der Waals surface area contributed by atoms with Crippen LogP contribution in [0.1, 0.15) is 52.6 Å². The van der Waals surface area contributed by atoms with Gasteiger partial charge in [0.25, 0.3) is 0 Å². The van der Waals surface area contributed by atoms with Crippen LogP contribution in [0.5, 0.6) is 0 Å². The average molecular weight is 759 g/mol. The lowest BCUT2D eigenvalue weighted by molar-refractivity contribution is -0.147. The number of carbonyl (C=O) groups excluding carboxylic acids is 4. The Kier molecular flexibility index (Phi) is 13.0. The second-order valence-corrected chi connectivity index (χ2v) is 13.7. The average Bonchev–Trinajstić information content (AvgIpc) is 3.27. The van der Waals surface area contributed by atoms with Crippen molar-refractivity contribution in [3.8, 4) is 0 Å². The Labute approximate surface area is 333 Å². The highest BCUT2D eigenvalue weighted by atomic mass is 16.5. The molecule has 3 amide bonds. The molecule has 0 saturated carbocycles. The molecule has 0 fully saturated rings. The second-order valence-electron chi connectivity index (χ2n) is 13.7. The Bertz CT molecular complexity index is 2030. The van der Waals surface area contributed by atoms with Crippen LogP contribution in [0, 0.1) is 0 Å². The number of rotatable bonds is 16. The highest BCUT2D eigenvalue weighted by molar-refractivity contribution is 5.92. The van der Waals surface area contributed by atoms with Gasteiger partial charge in [0.1, 0.15) is 17.1 Å². The number of benzene rings is 6. The van der Waals surface area contributed by atoms with Crippen molar-refractivity contribution in [2.45, 2.75) is 42.4 Å². The fourth-order valence-corrected chi connectivity index (χ4v) is 7.31. The topological polar surface area (TPSA) is 140 Å². The Morgan fingerprint density at radius 3 is 1.11 bits per heavy atom. The number of hydrogen-bond acceptors (Lipinski definition) is 6. The summed E-state index contributed by atoms with van der Waals surface area (Å²) < 4.78 is 5.02. The standard InChI is InChI=1S/C48H46N4O5/c1-57-46(56)42(34-44(54)52-48(38-26-14-5-15-27-38,39-28-16-6-17-29-39)40-30-18-7-19-31-40)50-45(55)41(49)32-33-43(53)51-47(35-20-8-2-9-21-35,36-22-10-3-11-23-36)37-24-12-4-13-25-37/h2-31,41-42H,32-34,49H2,1H3,(H,50,55)(H,51,53)(H,52,54)/t41-,42-/m0/s1. The maximum Gasteiger partial charge on any atom is 0.328 e. The van der Waals surface area contributed by atoms with E-state index in [0.717, 1.165) is 33.4 Å². The lowest BCUT2D eigenvalue weighted by Gasteiger charge is -2.37. The van der Waals surface area contributed by atoms with E-state index < -0.39 is 47.4 Å². The smallest absolute Gasteiger partial charge is 0.328 e. The molecule has 0 bridgehead atoms. The molecule has 0 aliphatic heterocycles. The van der Waals surface area contributed by atoms with Gasteiger partial charge in [0, 0.05) is 6.42 Å². The summed E-state index contributed by atoms with van der Waals surface area (Å²) in [6, 6.07) is 55.2. The number of nitrogens with one attached hydrogen (secondary N) is 3. The lowest BCUT2D eigenvalue weighted by atomic mass is 9.77. The minimum atomic E-state index is -1.36. The molecule has 5 N–H and O–H groups in total. The Hall–Kier alpha value is -6.84. The fraction of sp³-hybridized carbons (Fsp3) is 0.167. The second kappa shape index (κ2) is 18.7. The minimum Gasteiger partial charge on any atom is -0.467 e. The van der Waals surface area contributed by atoms with Gasteiger partial charge in [0.2, 0.25) is 17.7 Å². The van der Waals surface area contributed by atoms with Gasteiger partial charge < -0.3 is 26.4 Å². The normalized spacial score (nSPS) is 12.4. The van der Waals surface area contributed by atoms with Crippen molar-refractivity contribution in [2.24, 2.45) is 5.73 Å². The number of nitrogens with two attached hydrogens (primary N) is 1. The van der Waals surface area contributed by atoms with Crippen molar-refractivity contribution < 1.29 is 23.9 Å². The molecule has 0 aliphatic carbocycles. The third-order valence-corrected chi connectivity index (χ3v) is 10.1. The highest BCUT2D eigenvalue weighted by Crippen LogP contribution is 2.38. The van der Waals surface area contributed by atoms with Crippen molar-refractivity contribution in [2.75, 3.05) is 7.11 Å². The van der Waals surface area contributed by atoms with Crippen LogP contribution in [0.25, 0.3) is 0 Å². The lowest BCUT2D eigenvalue weighted by Crippen LogP contribution is -2.53. The highest BCUT2D eigenvalue weighted by Gasteiger charge is 2.40. The van der Waals surface area contributed by atoms with E-state index in [0.29, 0.717) is 0 Å². The number of ether oxygens (including phenoxy) is 1. The number of hydrogen-bond donors (Lipinski definition) is 4. The largest absolute Gasteiger partial charge is 0.467 e. The monoisotopic (exact) mass is 758 g/mol. The summed E-state index contributed by atoms with van der Waals surface area (Å²) in [5, 5.41) is 9.11. The number of esters is 1. The molecular weight excluding hydrogens is 713 g/mol. The van der Waals surface area contributed by atoms with E-state index in [9.17, 15) is 19.2 Å². The Morgan fingerprint density at radius 2 is 0.807 bits per heavy atom. The van der Waals surface area contributed by atoms with Crippen LogP contribution >= 0.6 is 0 Å². The SMILES string of the molecule is COC(=O)[C@H](CC(=O)NC(c1ccccc1)(c1ccccc1)c1ccccc1)NC(=O)[C@@H](N)CCC(=O)NC(c1ccccc1)(c1ccccc1)c1ccccc1. The van der Waals surface area contributed by atoms with Gasteiger partial charge in [-0.2, -0.15) is 0 Å². The molecule has 0 saturated heterocycles. The van der Waals surface area contributed by atoms with Crippen molar-refractivity contribution in [3.63, 3.8) is 0 Å². The molecule has 0 spiro atoms. The molecule has 6 aromatic carbocycles. The van der Waals surface area contributed by atoms with Crippen molar-refractivity contribution in [3.05, 3.63) is 215 Å². The van der Waals surface area contributed by atoms with E-state index in [4.69, 9.17) is 10.5 Å². The summed E-state index contributed by atoms with van der Waals surface area (Å²) in [6.45, 7) is 0. The summed E-state index contributed by atoms with van der Waals surface area (Å²) in [7, 11) is 1.18. The summed E-state index contributed by atoms with van der Waals surface area (Å²) in [5.74, 6) is -2.37. The molecule has 0 heterocycles. The maximum absolute atomic E-state index is 14.1. The van der Waals surface area contributed by atoms with Gasteiger partial charge in [-0.3, -0.25) is 14.4 Å². The van der Waals surface area contributed by atoms with E-state index in [-0.39, 0.29) is 18.7 Å². The first-order valence-electron chi connectivity index (χ1n) is 18.9. The molecule has 2 atom stereocenters. The van der Waals surface area contributed by atoms with E-state index >= 15 is 0 Å². The minimum absolute atomic E-state index is 0.0364. The first-order valence-corrected chi connectivity index (χ1v) is 18.9. The van der Waals surface area contributed by atoms with E-state index in [1.54, 1.807) is 0 Å². The molecular formula is C48H46N4O5.